The number of allylic oxidation sites excluding steroid dienone is 1. The molecule has 0 unspecified atom stereocenters. The average molecular weight is 374 g/mol. The number of amides is 1. The van der Waals surface area contributed by atoms with Crippen molar-refractivity contribution in [1.29, 1.82) is 0 Å². The van der Waals surface area contributed by atoms with Crippen LogP contribution in [0.3, 0.4) is 0 Å². The summed E-state index contributed by atoms with van der Waals surface area (Å²) in [5.41, 5.74) is 1.70. The Balaban J connectivity index is 1.77. The number of pyridine rings is 1. The summed E-state index contributed by atoms with van der Waals surface area (Å²) in [6.07, 6.45) is 3.54. The Kier molecular flexibility index (Phi) is 5.23. The van der Waals surface area contributed by atoms with Crippen molar-refractivity contribution in [2.24, 2.45) is 0 Å². The fraction of sp³-hybridized carbons (Fsp3) is 0.500. The number of fused-ring (bicyclic) bond motifs is 1. The fourth-order valence-electron chi connectivity index (χ4n) is 3.19. The van der Waals surface area contributed by atoms with E-state index in [1.807, 2.05) is 40.0 Å². The Hall–Kier alpha value is -2.08. The van der Waals surface area contributed by atoms with Gasteiger partial charge >= 0.3 is 6.09 Å². The molecule has 0 spiro atoms. The number of carbonyl (C=O) groups excluding carboxylic acids is 1. The maximum absolute atomic E-state index is 12.4. The number of aromatic nitrogens is 1. The molecule has 0 aromatic carbocycles. The number of ether oxygens (including phenoxy) is 1. The van der Waals surface area contributed by atoms with Gasteiger partial charge in [-0.3, -0.25) is 0 Å². The molecule has 0 saturated carbocycles. The van der Waals surface area contributed by atoms with Crippen LogP contribution < -0.4 is 5.32 Å². The van der Waals surface area contributed by atoms with Crippen molar-refractivity contribution in [2.45, 2.75) is 52.2 Å². The van der Waals surface area contributed by atoms with Crippen LogP contribution in [0.5, 0.6) is 0 Å². The first kappa shape index (κ1) is 18.7. The van der Waals surface area contributed by atoms with Crippen LogP contribution in [-0.2, 0) is 4.74 Å². The van der Waals surface area contributed by atoms with Gasteiger partial charge < -0.3 is 15.0 Å². The minimum Gasteiger partial charge on any atom is -0.444 e. The van der Waals surface area contributed by atoms with Crippen LogP contribution >= 0.6 is 11.3 Å². The molecule has 26 heavy (non-hydrogen) atoms. The van der Waals surface area contributed by atoms with Crippen molar-refractivity contribution in [3.05, 3.63) is 29.8 Å². The molecule has 2 aromatic heterocycles. The molecule has 1 N–H and O–H groups in total. The number of nitrogens with one attached hydrogen (secondary N) is 1. The van der Waals surface area contributed by atoms with Crippen LogP contribution in [0.4, 0.5) is 10.6 Å². The lowest BCUT2D eigenvalue weighted by Crippen LogP contribution is -2.47. The van der Waals surface area contributed by atoms with E-state index in [2.05, 4.69) is 22.3 Å². The van der Waals surface area contributed by atoms with Crippen LogP contribution in [0.2, 0.25) is 0 Å². The number of carbonyl (C=O) groups is 1. The number of thiophene rings is 1. The van der Waals surface area contributed by atoms with Crippen molar-refractivity contribution in [1.82, 2.24) is 9.88 Å². The normalized spacial score (nSPS) is 18.0. The van der Waals surface area contributed by atoms with Crippen LogP contribution in [0.1, 0.15) is 46.1 Å². The van der Waals surface area contributed by atoms with Crippen molar-refractivity contribution in [3.63, 3.8) is 0 Å². The summed E-state index contributed by atoms with van der Waals surface area (Å²) < 4.78 is 6.71. The summed E-state index contributed by atoms with van der Waals surface area (Å²) in [6, 6.07) is 2.19. The predicted molar refractivity (Wildman–Crippen MR) is 109 cm³/mol. The molecule has 5 nitrogen and oxygen atoms in total. The molecule has 1 aliphatic heterocycles. The summed E-state index contributed by atoms with van der Waals surface area (Å²) in [7, 11) is 0. The molecular formula is C20H27N3O2S. The summed E-state index contributed by atoms with van der Waals surface area (Å²) in [4.78, 5) is 18.7. The van der Waals surface area contributed by atoms with Crippen LogP contribution in [0.15, 0.2) is 24.2 Å². The first-order valence-electron chi connectivity index (χ1n) is 9.01. The molecule has 140 valence electrons. The second kappa shape index (κ2) is 7.27. The fourth-order valence-corrected chi connectivity index (χ4v) is 4.22. The lowest BCUT2D eigenvalue weighted by atomic mass is 10.0. The Labute approximate surface area is 159 Å². The second-order valence-electron chi connectivity index (χ2n) is 7.87. The third-order valence-corrected chi connectivity index (χ3v) is 5.31. The number of hydrogen-bond acceptors (Lipinski definition) is 5. The maximum Gasteiger partial charge on any atom is 0.410 e. The van der Waals surface area contributed by atoms with Gasteiger partial charge in [0.25, 0.3) is 0 Å². The molecule has 2 aromatic rings. The first-order chi connectivity index (χ1) is 12.2. The monoisotopic (exact) mass is 373 g/mol. The third kappa shape index (κ3) is 4.18. The van der Waals surface area contributed by atoms with E-state index in [0.29, 0.717) is 6.54 Å². The number of piperidine rings is 1. The van der Waals surface area contributed by atoms with E-state index >= 15 is 0 Å². The van der Waals surface area contributed by atoms with Gasteiger partial charge in [-0.2, -0.15) is 0 Å². The minimum absolute atomic E-state index is 0.159. The van der Waals surface area contributed by atoms with Gasteiger partial charge in [0.1, 0.15) is 11.4 Å². The molecule has 0 bridgehead atoms. The van der Waals surface area contributed by atoms with E-state index < -0.39 is 5.60 Å². The van der Waals surface area contributed by atoms with Crippen molar-refractivity contribution < 1.29 is 9.53 Å². The Morgan fingerprint density at radius 1 is 1.46 bits per heavy atom. The molecule has 1 aliphatic rings. The van der Waals surface area contributed by atoms with Crippen LogP contribution in [-0.4, -0.2) is 40.7 Å². The highest BCUT2D eigenvalue weighted by Crippen LogP contribution is 2.35. The Morgan fingerprint density at radius 3 is 2.92 bits per heavy atom. The standard InChI is InChI=1S/C20H27N3O2S/c1-13(2)15-12-26-16-8-9-21-18(17(15)16)22-14-7-6-10-23(11-14)19(24)25-20(3,4)5/h8-9,12,14H,1,6-7,10-11H2,2-5H3,(H,21,22)/t14-/m1/s1. The molecule has 1 saturated heterocycles. The summed E-state index contributed by atoms with van der Waals surface area (Å²) in [6.45, 7) is 13.1. The van der Waals surface area contributed by atoms with Gasteiger partial charge in [-0.25, -0.2) is 9.78 Å². The molecule has 1 fully saturated rings. The zero-order valence-corrected chi connectivity index (χ0v) is 16.8. The Bertz CT molecular complexity index is 822. The molecular weight excluding hydrogens is 346 g/mol. The number of nitrogens with zero attached hydrogens (tertiary/aromatic N) is 2. The number of rotatable bonds is 3. The van der Waals surface area contributed by atoms with E-state index in [1.54, 1.807) is 16.2 Å². The second-order valence-corrected chi connectivity index (χ2v) is 8.78. The van der Waals surface area contributed by atoms with E-state index in [4.69, 9.17) is 4.74 Å². The zero-order valence-electron chi connectivity index (χ0n) is 16.0. The van der Waals surface area contributed by atoms with Gasteiger partial charge in [0.15, 0.2) is 0 Å². The zero-order chi connectivity index (χ0) is 18.9. The van der Waals surface area contributed by atoms with Gasteiger partial charge in [-0.15, -0.1) is 11.3 Å². The molecule has 0 aliphatic carbocycles. The van der Waals surface area contributed by atoms with Gasteiger partial charge in [0, 0.05) is 35.4 Å². The van der Waals surface area contributed by atoms with E-state index in [1.165, 1.54) is 4.70 Å². The van der Waals surface area contributed by atoms with Crippen LogP contribution in [0, 0.1) is 0 Å². The molecule has 3 heterocycles. The van der Waals surface area contributed by atoms with Gasteiger partial charge in [0.2, 0.25) is 0 Å². The highest BCUT2D eigenvalue weighted by atomic mass is 32.1. The van der Waals surface area contributed by atoms with Crippen LogP contribution in [0.25, 0.3) is 15.7 Å². The summed E-state index contributed by atoms with van der Waals surface area (Å²) in [5, 5.41) is 6.82. The van der Waals surface area contributed by atoms with Crippen molar-refractivity contribution >= 4 is 38.9 Å². The molecule has 3 rings (SSSR count). The van der Waals surface area contributed by atoms with Gasteiger partial charge in [0.05, 0.1) is 0 Å². The third-order valence-electron chi connectivity index (χ3n) is 4.36. The molecule has 6 heteroatoms. The highest BCUT2D eigenvalue weighted by Gasteiger charge is 2.28. The SMILES string of the molecule is C=C(C)c1csc2ccnc(N[C@@H]3CCCN(C(=O)OC(C)(C)C)C3)c12. The number of likely N-dealkylation sites (tertiary alicyclic amines) is 1. The van der Waals surface area contributed by atoms with Gasteiger partial charge in [-0.05, 0) is 63.1 Å². The lowest BCUT2D eigenvalue weighted by Gasteiger charge is -2.34. The minimum atomic E-state index is -0.475. The van der Waals surface area contributed by atoms with Gasteiger partial charge in [-0.1, -0.05) is 6.58 Å². The van der Waals surface area contributed by atoms with Crippen molar-refractivity contribution in [2.75, 3.05) is 18.4 Å². The first-order valence-corrected chi connectivity index (χ1v) is 9.89. The molecule has 1 atom stereocenters. The maximum atomic E-state index is 12.4. The molecule has 0 radical (unpaired) electrons. The smallest absolute Gasteiger partial charge is 0.410 e. The predicted octanol–water partition coefficient (Wildman–Crippen LogP) is 5.14. The highest BCUT2D eigenvalue weighted by molar-refractivity contribution is 7.17. The summed E-state index contributed by atoms with van der Waals surface area (Å²) >= 11 is 1.70. The average Bonchev–Trinajstić information content (AvgIpc) is 2.99. The van der Waals surface area contributed by atoms with E-state index in [-0.39, 0.29) is 12.1 Å². The number of hydrogen-bond donors (Lipinski definition) is 1. The number of anilines is 1. The lowest BCUT2D eigenvalue weighted by molar-refractivity contribution is 0.0206. The molecule has 1 amide bonds. The van der Waals surface area contributed by atoms with E-state index in [9.17, 15) is 4.79 Å². The van der Waals surface area contributed by atoms with E-state index in [0.717, 1.165) is 41.7 Å². The summed E-state index contributed by atoms with van der Waals surface area (Å²) in [5.74, 6) is 0.873. The van der Waals surface area contributed by atoms with Crippen molar-refractivity contribution in [3.8, 4) is 0 Å². The Morgan fingerprint density at radius 2 is 2.23 bits per heavy atom. The largest absolute Gasteiger partial charge is 0.444 e. The quantitative estimate of drug-likeness (QED) is 0.809. The topological polar surface area (TPSA) is 54.5 Å².